The first kappa shape index (κ1) is 12.0. The average Bonchev–Trinajstić information content (AvgIpc) is 2.32. The Morgan fingerprint density at radius 1 is 1.00 bits per heavy atom. The van der Waals surface area contributed by atoms with Crippen LogP contribution in [-0.2, 0) is 0 Å². The molecular weight excluding hydrogens is 232 g/mol. The minimum Gasteiger partial charge on any atom is -0.456 e. The van der Waals surface area contributed by atoms with E-state index in [9.17, 15) is 0 Å². The number of benzene rings is 2. The van der Waals surface area contributed by atoms with Gasteiger partial charge in [-0.25, -0.2) is 0 Å². The first-order valence-corrected chi connectivity index (χ1v) is 6.07. The van der Waals surface area contributed by atoms with Crippen molar-refractivity contribution in [3.05, 3.63) is 59.1 Å². The zero-order valence-electron chi connectivity index (χ0n) is 9.98. The summed E-state index contributed by atoms with van der Waals surface area (Å²) in [5.41, 5.74) is 1.26. The molecule has 0 aliphatic carbocycles. The summed E-state index contributed by atoms with van der Waals surface area (Å²) in [6.07, 6.45) is 0. The van der Waals surface area contributed by atoms with Crippen molar-refractivity contribution in [3.8, 4) is 11.5 Å². The molecule has 2 heteroatoms. The molecule has 0 saturated heterocycles. The first-order valence-electron chi connectivity index (χ1n) is 5.69. The molecule has 2 aromatic carbocycles. The number of hydrogen-bond donors (Lipinski definition) is 0. The zero-order valence-corrected chi connectivity index (χ0v) is 10.7. The minimum atomic E-state index is 0.491. The van der Waals surface area contributed by atoms with Gasteiger partial charge in [0.1, 0.15) is 11.5 Å². The fourth-order valence-electron chi connectivity index (χ4n) is 1.59. The molecule has 2 rings (SSSR count). The molecule has 0 atom stereocenters. The van der Waals surface area contributed by atoms with Gasteiger partial charge in [-0.1, -0.05) is 49.7 Å². The molecule has 0 fully saturated rings. The normalized spacial score (nSPS) is 10.6. The van der Waals surface area contributed by atoms with E-state index < -0.39 is 0 Å². The Morgan fingerprint density at radius 3 is 2.47 bits per heavy atom. The highest BCUT2D eigenvalue weighted by Gasteiger charge is 2.04. The SMILES string of the molecule is CC(C)c1cccc(Oc2ccccc2Cl)c1. The van der Waals surface area contributed by atoms with Gasteiger partial charge in [0.05, 0.1) is 5.02 Å². The van der Waals surface area contributed by atoms with Gasteiger partial charge in [-0.3, -0.25) is 0 Å². The molecule has 17 heavy (non-hydrogen) atoms. The summed E-state index contributed by atoms with van der Waals surface area (Å²) in [6, 6.07) is 15.6. The number of ether oxygens (including phenoxy) is 1. The summed E-state index contributed by atoms with van der Waals surface area (Å²) in [5, 5.41) is 0.627. The molecular formula is C15H15ClO. The van der Waals surface area contributed by atoms with E-state index in [2.05, 4.69) is 19.9 Å². The van der Waals surface area contributed by atoms with E-state index in [1.54, 1.807) is 0 Å². The van der Waals surface area contributed by atoms with Gasteiger partial charge >= 0.3 is 0 Å². The molecule has 0 heterocycles. The molecule has 88 valence electrons. The van der Waals surface area contributed by atoms with Crippen LogP contribution in [-0.4, -0.2) is 0 Å². The van der Waals surface area contributed by atoms with Gasteiger partial charge in [-0.15, -0.1) is 0 Å². The van der Waals surface area contributed by atoms with Gasteiger partial charge < -0.3 is 4.74 Å². The van der Waals surface area contributed by atoms with Gasteiger partial charge in [0.25, 0.3) is 0 Å². The fourth-order valence-corrected chi connectivity index (χ4v) is 1.77. The van der Waals surface area contributed by atoms with Gasteiger partial charge in [-0.2, -0.15) is 0 Å². The summed E-state index contributed by atoms with van der Waals surface area (Å²) >= 11 is 6.05. The van der Waals surface area contributed by atoms with E-state index in [0.29, 0.717) is 16.7 Å². The van der Waals surface area contributed by atoms with E-state index in [1.807, 2.05) is 42.5 Å². The van der Waals surface area contributed by atoms with Crippen molar-refractivity contribution in [2.45, 2.75) is 19.8 Å². The topological polar surface area (TPSA) is 9.23 Å². The third-order valence-corrected chi connectivity index (χ3v) is 2.90. The number of hydrogen-bond acceptors (Lipinski definition) is 1. The van der Waals surface area contributed by atoms with Crippen LogP contribution in [0.1, 0.15) is 25.3 Å². The van der Waals surface area contributed by atoms with Crippen LogP contribution in [0.4, 0.5) is 0 Å². The molecule has 0 unspecified atom stereocenters. The van der Waals surface area contributed by atoms with Crippen LogP contribution in [0.2, 0.25) is 5.02 Å². The molecule has 2 aromatic rings. The summed E-state index contributed by atoms with van der Waals surface area (Å²) in [7, 11) is 0. The molecule has 0 radical (unpaired) electrons. The van der Waals surface area contributed by atoms with Gasteiger partial charge in [0.2, 0.25) is 0 Å². The van der Waals surface area contributed by atoms with E-state index in [1.165, 1.54) is 5.56 Å². The van der Waals surface area contributed by atoms with E-state index in [0.717, 1.165) is 5.75 Å². The average molecular weight is 247 g/mol. The van der Waals surface area contributed by atoms with Crippen molar-refractivity contribution in [1.29, 1.82) is 0 Å². The zero-order chi connectivity index (χ0) is 12.3. The maximum Gasteiger partial charge on any atom is 0.146 e. The van der Waals surface area contributed by atoms with E-state index in [-0.39, 0.29) is 0 Å². The van der Waals surface area contributed by atoms with Crippen molar-refractivity contribution >= 4 is 11.6 Å². The van der Waals surface area contributed by atoms with Crippen LogP contribution in [0.5, 0.6) is 11.5 Å². The maximum atomic E-state index is 6.05. The van der Waals surface area contributed by atoms with E-state index >= 15 is 0 Å². The lowest BCUT2D eigenvalue weighted by Crippen LogP contribution is -1.89. The van der Waals surface area contributed by atoms with E-state index in [4.69, 9.17) is 16.3 Å². The van der Waals surface area contributed by atoms with Crippen LogP contribution in [0.15, 0.2) is 48.5 Å². The Balaban J connectivity index is 2.25. The molecule has 0 amide bonds. The van der Waals surface area contributed by atoms with Crippen LogP contribution < -0.4 is 4.74 Å². The monoisotopic (exact) mass is 246 g/mol. The lowest BCUT2D eigenvalue weighted by atomic mass is 10.0. The van der Waals surface area contributed by atoms with Gasteiger partial charge in [-0.05, 0) is 35.7 Å². The Labute approximate surface area is 107 Å². The molecule has 0 spiro atoms. The van der Waals surface area contributed by atoms with Crippen LogP contribution >= 0.6 is 11.6 Å². The Kier molecular flexibility index (Phi) is 3.70. The molecule has 0 aliphatic rings. The Morgan fingerprint density at radius 2 is 1.76 bits per heavy atom. The van der Waals surface area contributed by atoms with Crippen molar-refractivity contribution in [2.24, 2.45) is 0 Å². The number of para-hydroxylation sites is 1. The quantitative estimate of drug-likeness (QED) is 0.718. The molecule has 0 bridgehead atoms. The first-order chi connectivity index (χ1) is 8.16. The van der Waals surface area contributed by atoms with Crippen molar-refractivity contribution in [2.75, 3.05) is 0 Å². The minimum absolute atomic E-state index is 0.491. The third kappa shape index (κ3) is 3.01. The Bertz CT molecular complexity index is 506. The highest BCUT2D eigenvalue weighted by Crippen LogP contribution is 2.30. The van der Waals surface area contributed by atoms with Gasteiger partial charge in [0, 0.05) is 0 Å². The second-order valence-electron chi connectivity index (χ2n) is 4.26. The van der Waals surface area contributed by atoms with Crippen LogP contribution in [0.25, 0.3) is 0 Å². The molecule has 0 aromatic heterocycles. The summed E-state index contributed by atoms with van der Waals surface area (Å²) in [6.45, 7) is 4.32. The smallest absolute Gasteiger partial charge is 0.146 e. The molecule has 0 aliphatic heterocycles. The number of rotatable bonds is 3. The van der Waals surface area contributed by atoms with Gasteiger partial charge in [0.15, 0.2) is 0 Å². The highest BCUT2D eigenvalue weighted by molar-refractivity contribution is 6.32. The molecule has 0 N–H and O–H groups in total. The molecule has 1 nitrogen and oxygen atoms in total. The van der Waals surface area contributed by atoms with Crippen molar-refractivity contribution < 1.29 is 4.74 Å². The third-order valence-electron chi connectivity index (χ3n) is 2.59. The fraction of sp³-hybridized carbons (Fsp3) is 0.200. The largest absolute Gasteiger partial charge is 0.456 e. The van der Waals surface area contributed by atoms with Crippen molar-refractivity contribution in [3.63, 3.8) is 0 Å². The summed E-state index contributed by atoms with van der Waals surface area (Å²) < 4.78 is 5.77. The van der Waals surface area contributed by atoms with Crippen molar-refractivity contribution in [1.82, 2.24) is 0 Å². The second kappa shape index (κ2) is 5.24. The van der Waals surface area contributed by atoms with Crippen LogP contribution in [0, 0.1) is 0 Å². The van der Waals surface area contributed by atoms with Crippen LogP contribution in [0.3, 0.4) is 0 Å². The second-order valence-corrected chi connectivity index (χ2v) is 4.67. The lowest BCUT2D eigenvalue weighted by Gasteiger charge is -2.10. The predicted molar refractivity (Wildman–Crippen MR) is 72.1 cm³/mol. The Hall–Kier alpha value is -1.47. The predicted octanol–water partition coefficient (Wildman–Crippen LogP) is 5.26. The standard InChI is InChI=1S/C15H15ClO/c1-11(2)12-6-5-7-13(10-12)17-15-9-4-3-8-14(15)16/h3-11H,1-2H3. The highest BCUT2D eigenvalue weighted by atomic mass is 35.5. The number of halogens is 1. The summed E-state index contributed by atoms with van der Waals surface area (Å²) in [4.78, 5) is 0. The maximum absolute atomic E-state index is 6.05. The lowest BCUT2D eigenvalue weighted by molar-refractivity contribution is 0.482. The molecule has 0 saturated carbocycles. The summed E-state index contributed by atoms with van der Waals surface area (Å²) in [5.74, 6) is 2.00.